The Kier molecular flexibility index (Phi) is 2.35. The summed E-state index contributed by atoms with van der Waals surface area (Å²) in [5.74, 6) is -0.543. The molecule has 1 fully saturated rings. The average Bonchev–Trinajstić information content (AvgIpc) is 2.48. The molecule has 0 radical (unpaired) electrons. The second-order valence-electron chi connectivity index (χ2n) is 3.82. The van der Waals surface area contributed by atoms with Crippen LogP contribution in [-0.4, -0.2) is 21.7 Å². The Morgan fingerprint density at radius 3 is 2.07 bits per heavy atom. The number of rotatable bonds is 1. The van der Waals surface area contributed by atoms with E-state index in [1.807, 2.05) is 0 Å². The van der Waals surface area contributed by atoms with Gasteiger partial charge in [-0.05, 0) is 25.7 Å². The smallest absolute Gasteiger partial charge is 0.255 e. The van der Waals surface area contributed by atoms with Gasteiger partial charge in [-0.15, -0.1) is 0 Å². The lowest BCUT2D eigenvalue weighted by Gasteiger charge is -2.37. The molecule has 0 aromatic rings. The van der Waals surface area contributed by atoms with Gasteiger partial charge >= 0.3 is 0 Å². The van der Waals surface area contributed by atoms with Crippen LogP contribution < -0.4 is 0 Å². The first kappa shape index (κ1) is 9.71. The summed E-state index contributed by atoms with van der Waals surface area (Å²) < 4.78 is 0. The maximum atomic E-state index is 11.4. The van der Waals surface area contributed by atoms with Crippen molar-refractivity contribution in [1.29, 1.82) is 0 Å². The van der Waals surface area contributed by atoms with Crippen molar-refractivity contribution in [3.05, 3.63) is 12.2 Å². The first-order chi connectivity index (χ1) is 6.63. The van der Waals surface area contributed by atoms with Crippen molar-refractivity contribution in [2.45, 2.75) is 37.1 Å². The van der Waals surface area contributed by atoms with Gasteiger partial charge in [-0.3, -0.25) is 14.5 Å². The van der Waals surface area contributed by atoms with E-state index < -0.39 is 5.00 Å². The zero-order valence-corrected chi connectivity index (χ0v) is 8.59. The van der Waals surface area contributed by atoms with Crippen LogP contribution in [0.1, 0.15) is 32.1 Å². The van der Waals surface area contributed by atoms with Crippen LogP contribution in [0.2, 0.25) is 0 Å². The number of imide groups is 1. The van der Waals surface area contributed by atoms with Gasteiger partial charge in [0.05, 0.1) is 0 Å². The third kappa shape index (κ3) is 1.46. The summed E-state index contributed by atoms with van der Waals surface area (Å²) in [4.78, 5) is 23.3. The van der Waals surface area contributed by atoms with Crippen LogP contribution in [-0.2, 0) is 9.59 Å². The molecule has 2 amide bonds. The predicted molar refractivity (Wildman–Crippen MR) is 52.7 cm³/mol. The Bertz CT molecular complexity index is 287. The Hall–Kier alpha value is -0.830. The first-order valence-corrected chi connectivity index (χ1v) is 5.26. The Labute approximate surface area is 87.7 Å². The minimum atomic E-state index is -0.754. The van der Waals surface area contributed by atoms with Crippen molar-refractivity contribution >= 4 is 23.4 Å². The summed E-state index contributed by atoms with van der Waals surface area (Å²) in [6.45, 7) is 0. The summed E-state index contributed by atoms with van der Waals surface area (Å²) in [6, 6.07) is 0. The number of nitrogens with zero attached hydrogens (tertiary/aromatic N) is 1. The number of halogens is 1. The standard InChI is InChI=1S/C10H12ClNO2/c11-10(6-2-1-3-7-10)12-8(13)4-5-9(12)14/h4-5H,1-3,6-7H2. The summed E-state index contributed by atoms with van der Waals surface area (Å²) >= 11 is 6.32. The number of hydrogen-bond acceptors (Lipinski definition) is 2. The van der Waals surface area contributed by atoms with Crippen molar-refractivity contribution in [2.75, 3.05) is 0 Å². The van der Waals surface area contributed by atoms with Crippen molar-refractivity contribution in [1.82, 2.24) is 4.90 Å². The highest BCUT2D eigenvalue weighted by Gasteiger charge is 2.43. The highest BCUT2D eigenvalue weighted by molar-refractivity contribution is 6.28. The molecule has 0 saturated heterocycles. The summed E-state index contributed by atoms with van der Waals surface area (Å²) in [6.07, 6.45) is 7.13. The van der Waals surface area contributed by atoms with Crippen molar-refractivity contribution < 1.29 is 9.59 Å². The van der Waals surface area contributed by atoms with Crippen LogP contribution in [0.15, 0.2) is 12.2 Å². The molecule has 2 rings (SSSR count). The monoisotopic (exact) mass is 213 g/mol. The molecule has 4 heteroatoms. The Morgan fingerprint density at radius 2 is 1.57 bits per heavy atom. The number of carbonyl (C=O) groups is 2. The van der Waals surface area contributed by atoms with Crippen LogP contribution in [0.5, 0.6) is 0 Å². The lowest BCUT2D eigenvalue weighted by Crippen LogP contribution is -2.49. The van der Waals surface area contributed by atoms with E-state index >= 15 is 0 Å². The third-order valence-corrected chi connectivity index (χ3v) is 3.38. The van der Waals surface area contributed by atoms with Gasteiger partial charge < -0.3 is 0 Å². The zero-order valence-electron chi connectivity index (χ0n) is 7.83. The van der Waals surface area contributed by atoms with Crippen LogP contribution in [0.25, 0.3) is 0 Å². The highest BCUT2D eigenvalue weighted by Crippen LogP contribution is 2.38. The quantitative estimate of drug-likeness (QED) is 0.379. The molecule has 0 N–H and O–H groups in total. The maximum absolute atomic E-state index is 11.4. The fraction of sp³-hybridized carbons (Fsp3) is 0.600. The average molecular weight is 214 g/mol. The number of alkyl halides is 1. The number of hydrogen-bond donors (Lipinski definition) is 0. The molecule has 76 valence electrons. The van der Waals surface area contributed by atoms with Crippen LogP contribution >= 0.6 is 11.6 Å². The second-order valence-corrected chi connectivity index (χ2v) is 4.53. The molecule has 1 heterocycles. The fourth-order valence-electron chi connectivity index (χ4n) is 2.11. The van der Waals surface area contributed by atoms with Gasteiger partial charge in [-0.1, -0.05) is 18.0 Å². The molecule has 0 aromatic heterocycles. The summed E-state index contributed by atoms with van der Waals surface area (Å²) in [5, 5.41) is 0. The van der Waals surface area contributed by atoms with E-state index in [0.29, 0.717) is 12.8 Å². The largest absolute Gasteiger partial charge is 0.269 e. The second kappa shape index (κ2) is 3.39. The van der Waals surface area contributed by atoms with Crippen LogP contribution in [0, 0.1) is 0 Å². The van der Waals surface area contributed by atoms with Gasteiger partial charge in [0.2, 0.25) is 0 Å². The van der Waals surface area contributed by atoms with E-state index in [9.17, 15) is 9.59 Å². The molecule has 14 heavy (non-hydrogen) atoms. The molecule has 0 bridgehead atoms. The SMILES string of the molecule is O=C1C=CC(=O)N1C1(Cl)CCCCC1. The molecule has 1 aliphatic carbocycles. The van der Waals surface area contributed by atoms with E-state index in [-0.39, 0.29) is 11.8 Å². The van der Waals surface area contributed by atoms with Gasteiger partial charge in [0.25, 0.3) is 11.8 Å². The van der Waals surface area contributed by atoms with Gasteiger partial charge in [-0.2, -0.15) is 0 Å². The predicted octanol–water partition coefficient (Wildman–Crippen LogP) is 1.81. The van der Waals surface area contributed by atoms with Gasteiger partial charge in [0.15, 0.2) is 0 Å². The minimum Gasteiger partial charge on any atom is -0.269 e. The molecule has 0 atom stereocenters. The fourth-order valence-corrected chi connectivity index (χ4v) is 2.55. The molecule has 1 aliphatic heterocycles. The molecular weight excluding hydrogens is 202 g/mol. The van der Waals surface area contributed by atoms with Crippen molar-refractivity contribution in [3.63, 3.8) is 0 Å². The zero-order chi connectivity index (χ0) is 10.2. The molecular formula is C10H12ClNO2. The third-order valence-electron chi connectivity index (χ3n) is 2.83. The van der Waals surface area contributed by atoms with Crippen molar-refractivity contribution in [3.8, 4) is 0 Å². The van der Waals surface area contributed by atoms with Crippen LogP contribution in [0.4, 0.5) is 0 Å². The van der Waals surface area contributed by atoms with Crippen molar-refractivity contribution in [2.24, 2.45) is 0 Å². The molecule has 0 unspecified atom stereocenters. The van der Waals surface area contributed by atoms with E-state index in [1.54, 1.807) is 0 Å². The maximum Gasteiger partial charge on any atom is 0.255 e. The molecule has 1 saturated carbocycles. The molecule has 0 spiro atoms. The Balaban J connectivity index is 2.20. The Morgan fingerprint density at radius 1 is 1.07 bits per heavy atom. The lowest BCUT2D eigenvalue weighted by atomic mass is 9.93. The summed E-state index contributed by atoms with van der Waals surface area (Å²) in [5.41, 5.74) is 0. The summed E-state index contributed by atoms with van der Waals surface area (Å²) in [7, 11) is 0. The van der Waals surface area contributed by atoms with E-state index in [0.717, 1.165) is 19.3 Å². The molecule has 2 aliphatic rings. The number of amides is 2. The van der Waals surface area contributed by atoms with E-state index in [1.165, 1.54) is 17.1 Å². The minimum absolute atomic E-state index is 0.271. The number of carbonyl (C=O) groups excluding carboxylic acids is 2. The first-order valence-electron chi connectivity index (χ1n) is 4.89. The molecule has 3 nitrogen and oxygen atoms in total. The molecule has 0 aromatic carbocycles. The topological polar surface area (TPSA) is 37.4 Å². The van der Waals surface area contributed by atoms with Gasteiger partial charge in [0, 0.05) is 12.2 Å². The lowest BCUT2D eigenvalue weighted by molar-refractivity contribution is -0.141. The highest BCUT2D eigenvalue weighted by atomic mass is 35.5. The van der Waals surface area contributed by atoms with E-state index in [4.69, 9.17) is 11.6 Å². The van der Waals surface area contributed by atoms with Gasteiger partial charge in [0.1, 0.15) is 5.00 Å². The van der Waals surface area contributed by atoms with E-state index in [2.05, 4.69) is 0 Å². The van der Waals surface area contributed by atoms with Gasteiger partial charge in [-0.25, -0.2) is 0 Å². The van der Waals surface area contributed by atoms with Crippen LogP contribution in [0.3, 0.4) is 0 Å². The normalized spacial score (nSPS) is 25.9.